The molecule has 3 aromatic carbocycles. The van der Waals surface area contributed by atoms with E-state index in [4.69, 9.17) is 32.7 Å². The zero-order chi connectivity index (χ0) is 31.6. The molecule has 0 bridgehead atoms. The number of hydrogen-bond donors (Lipinski definition) is 1. The van der Waals surface area contributed by atoms with Crippen molar-refractivity contribution in [2.75, 3.05) is 37.9 Å². The summed E-state index contributed by atoms with van der Waals surface area (Å²) < 4.78 is 37.7. The Morgan fingerprint density at radius 2 is 1.60 bits per heavy atom. The van der Waals surface area contributed by atoms with E-state index in [1.165, 1.54) is 31.3 Å². The van der Waals surface area contributed by atoms with E-state index in [9.17, 15) is 18.0 Å². The van der Waals surface area contributed by atoms with E-state index >= 15 is 0 Å². The predicted octanol–water partition coefficient (Wildman–Crippen LogP) is 5.33. The topological polar surface area (TPSA) is 105 Å². The van der Waals surface area contributed by atoms with Crippen LogP contribution in [0.1, 0.15) is 30.9 Å². The first-order chi connectivity index (χ1) is 20.5. The highest BCUT2D eigenvalue weighted by Crippen LogP contribution is 2.32. The van der Waals surface area contributed by atoms with Crippen LogP contribution in [0.5, 0.6) is 11.5 Å². The second-order valence-electron chi connectivity index (χ2n) is 9.93. The molecule has 0 aromatic heterocycles. The molecule has 0 saturated heterocycles. The van der Waals surface area contributed by atoms with E-state index in [0.717, 1.165) is 29.0 Å². The summed E-state index contributed by atoms with van der Waals surface area (Å²) in [4.78, 5) is 29.3. The maximum absolute atomic E-state index is 14.2. The van der Waals surface area contributed by atoms with Crippen molar-refractivity contribution in [2.24, 2.45) is 0 Å². The molecule has 0 aliphatic heterocycles. The van der Waals surface area contributed by atoms with Crippen molar-refractivity contribution in [1.29, 1.82) is 0 Å². The molecule has 3 aromatic rings. The number of halogens is 2. The number of sulfonamides is 1. The Labute approximate surface area is 263 Å². The van der Waals surface area contributed by atoms with Gasteiger partial charge in [-0.25, -0.2) is 8.42 Å². The number of hydrogen-bond acceptors (Lipinski definition) is 6. The molecule has 0 aliphatic carbocycles. The van der Waals surface area contributed by atoms with Crippen molar-refractivity contribution in [3.8, 4) is 11.5 Å². The maximum atomic E-state index is 14.2. The summed E-state index contributed by atoms with van der Waals surface area (Å²) in [5, 5.41) is 3.58. The predicted molar refractivity (Wildman–Crippen MR) is 171 cm³/mol. The molecule has 0 radical (unpaired) electrons. The van der Waals surface area contributed by atoms with Gasteiger partial charge in [-0.1, -0.05) is 72.9 Å². The largest absolute Gasteiger partial charge is 0.493 e. The number of carbonyl (C=O) groups excluding carboxylic acids is 2. The summed E-state index contributed by atoms with van der Waals surface area (Å²) in [5.41, 5.74) is 1.67. The van der Waals surface area contributed by atoms with Gasteiger partial charge >= 0.3 is 0 Å². The monoisotopic (exact) mass is 649 g/mol. The fourth-order valence-electron chi connectivity index (χ4n) is 4.49. The molecule has 0 unspecified atom stereocenters. The van der Waals surface area contributed by atoms with E-state index in [0.29, 0.717) is 33.7 Å². The Morgan fingerprint density at radius 3 is 2.21 bits per heavy atom. The van der Waals surface area contributed by atoms with E-state index < -0.39 is 28.5 Å². The van der Waals surface area contributed by atoms with E-state index in [2.05, 4.69) is 5.32 Å². The summed E-state index contributed by atoms with van der Waals surface area (Å²) in [6.07, 6.45) is 2.87. The first kappa shape index (κ1) is 34.0. The molecule has 0 aliphatic rings. The summed E-state index contributed by atoms with van der Waals surface area (Å²) in [5.74, 6) is -0.231. The Hall–Kier alpha value is -3.47. The normalized spacial score (nSPS) is 11.9. The van der Waals surface area contributed by atoms with Gasteiger partial charge in [0.1, 0.15) is 12.6 Å². The fraction of sp³-hybridized carbons (Fsp3) is 0.355. The van der Waals surface area contributed by atoms with E-state index in [-0.39, 0.29) is 24.6 Å². The summed E-state index contributed by atoms with van der Waals surface area (Å²) in [7, 11) is -1.05. The molecule has 9 nitrogen and oxygen atoms in total. The van der Waals surface area contributed by atoms with Gasteiger partial charge in [0.2, 0.25) is 21.8 Å². The smallest absolute Gasteiger partial charge is 0.244 e. The number of nitrogens with zero attached hydrogens (tertiary/aromatic N) is 2. The first-order valence-corrected chi connectivity index (χ1v) is 16.3. The van der Waals surface area contributed by atoms with Crippen LogP contribution in [0.2, 0.25) is 10.0 Å². The van der Waals surface area contributed by atoms with Crippen LogP contribution < -0.4 is 19.1 Å². The van der Waals surface area contributed by atoms with Gasteiger partial charge in [0, 0.05) is 25.6 Å². The summed E-state index contributed by atoms with van der Waals surface area (Å²) >= 11 is 12.4. The van der Waals surface area contributed by atoms with Crippen LogP contribution in [0.4, 0.5) is 5.69 Å². The average molecular weight is 651 g/mol. The molecule has 1 N–H and O–H groups in total. The lowest BCUT2D eigenvalue weighted by Gasteiger charge is -2.33. The minimum Gasteiger partial charge on any atom is -0.493 e. The Bertz CT molecular complexity index is 1500. The van der Waals surface area contributed by atoms with Crippen molar-refractivity contribution < 1.29 is 27.5 Å². The highest BCUT2D eigenvalue weighted by molar-refractivity contribution is 7.92. The first-order valence-electron chi connectivity index (χ1n) is 13.7. The Kier molecular flexibility index (Phi) is 12.5. The maximum Gasteiger partial charge on any atom is 0.244 e. The van der Waals surface area contributed by atoms with Crippen molar-refractivity contribution >= 4 is 50.7 Å². The van der Waals surface area contributed by atoms with Gasteiger partial charge in [0.25, 0.3) is 0 Å². The molecule has 43 heavy (non-hydrogen) atoms. The van der Waals surface area contributed by atoms with Gasteiger partial charge in [-0.15, -0.1) is 0 Å². The molecule has 1 atom stereocenters. The Balaban J connectivity index is 2.08. The molecule has 232 valence electrons. The fourth-order valence-corrected chi connectivity index (χ4v) is 5.65. The second-order valence-corrected chi connectivity index (χ2v) is 12.7. The number of rotatable bonds is 15. The lowest BCUT2D eigenvalue weighted by molar-refractivity contribution is -0.140. The highest BCUT2D eigenvalue weighted by atomic mass is 35.5. The van der Waals surface area contributed by atoms with Crippen LogP contribution >= 0.6 is 23.2 Å². The number of benzene rings is 3. The quantitative estimate of drug-likeness (QED) is 0.223. The third-order valence-corrected chi connectivity index (χ3v) is 8.65. The van der Waals surface area contributed by atoms with Crippen LogP contribution in [-0.4, -0.2) is 64.7 Å². The lowest BCUT2D eigenvalue weighted by atomic mass is 10.0. The van der Waals surface area contributed by atoms with Crippen LogP contribution in [-0.2, 0) is 32.6 Å². The lowest BCUT2D eigenvalue weighted by Crippen LogP contribution is -2.53. The Morgan fingerprint density at radius 1 is 0.907 bits per heavy atom. The molecular weight excluding hydrogens is 613 g/mol. The van der Waals surface area contributed by atoms with Crippen molar-refractivity contribution in [2.45, 2.75) is 38.8 Å². The van der Waals surface area contributed by atoms with Crippen LogP contribution in [0.3, 0.4) is 0 Å². The minimum atomic E-state index is -3.95. The van der Waals surface area contributed by atoms with Crippen molar-refractivity contribution in [3.63, 3.8) is 0 Å². The molecule has 3 rings (SSSR count). The summed E-state index contributed by atoms with van der Waals surface area (Å²) in [6, 6.07) is 17.9. The van der Waals surface area contributed by atoms with Crippen LogP contribution in [0, 0.1) is 0 Å². The van der Waals surface area contributed by atoms with Gasteiger partial charge in [0.05, 0.1) is 36.2 Å². The van der Waals surface area contributed by atoms with E-state index in [1.807, 2.05) is 37.3 Å². The van der Waals surface area contributed by atoms with Gasteiger partial charge in [-0.2, -0.15) is 0 Å². The highest BCUT2D eigenvalue weighted by Gasteiger charge is 2.33. The zero-order valence-corrected chi connectivity index (χ0v) is 27.0. The minimum absolute atomic E-state index is 0.0159. The number of ether oxygens (including phenoxy) is 2. The summed E-state index contributed by atoms with van der Waals surface area (Å²) in [6.45, 7) is 1.87. The number of nitrogens with one attached hydrogen (secondary N) is 1. The molecule has 0 heterocycles. The number of methoxy groups -OCH3 is 2. The molecule has 0 saturated carbocycles. The number of amides is 2. The third-order valence-electron chi connectivity index (χ3n) is 6.77. The van der Waals surface area contributed by atoms with Crippen molar-refractivity contribution in [3.05, 3.63) is 87.9 Å². The molecular formula is C31H37Cl2N3O6S. The number of unbranched alkanes of at least 4 members (excludes halogenated alkanes) is 1. The molecule has 12 heteroatoms. The van der Waals surface area contributed by atoms with Crippen LogP contribution in [0.15, 0.2) is 66.7 Å². The van der Waals surface area contributed by atoms with Crippen LogP contribution in [0.25, 0.3) is 0 Å². The van der Waals surface area contributed by atoms with Crippen molar-refractivity contribution in [1.82, 2.24) is 10.2 Å². The molecule has 0 spiro atoms. The number of carbonyl (C=O) groups is 2. The standard InChI is InChI=1S/C31H37Cl2N3O6S/c1-5-6-16-34-31(38)27(18-22-10-8-7-9-11-22)35(20-23-12-14-25(32)26(33)17-23)30(37)21-36(43(4,39)40)24-13-15-28(41-2)29(19-24)42-3/h7-15,17,19,27H,5-6,16,18,20-21H2,1-4H3,(H,34,38)/t27-/m1/s1. The zero-order valence-electron chi connectivity index (χ0n) is 24.7. The SMILES string of the molecule is CCCCNC(=O)[C@@H](Cc1ccccc1)N(Cc1ccc(Cl)c(Cl)c1)C(=O)CN(c1ccc(OC)c(OC)c1)S(C)(=O)=O. The average Bonchev–Trinajstić information content (AvgIpc) is 2.99. The second kappa shape index (κ2) is 15.8. The van der Waals surface area contributed by atoms with Gasteiger partial charge in [-0.3, -0.25) is 13.9 Å². The van der Waals surface area contributed by atoms with Gasteiger partial charge in [-0.05, 0) is 41.8 Å². The van der Waals surface area contributed by atoms with E-state index in [1.54, 1.807) is 24.3 Å². The third kappa shape index (κ3) is 9.51. The van der Waals surface area contributed by atoms with Gasteiger partial charge in [0.15, 0.2) is 11.5 Å². The molecule has 0 fully saturated rings. The molecule has 2 amide bonds. The number of anilines is 1. The van der Waals surface area contributed by atoms with Gasteiger partial charge < -0.3 is 19.7 Å².